The van der Waals surface area contributed by atoms with E-state index in [0.29, 0.717) is 34.8 Å². The van der Waals surface area contributed by atoms with E-state index >= 15 is 0 Å². The van der Waals surface area contributed by atoms with Crippen LogP contribution in [0, 0.1) is 26.7 Å². The summed E-state index contributed by atoms with van der Waals surface area (Å²) in [6.45, 7) is 5.93. The Labute approximate surface area is 220 Å². The topological polar surface area (TPSA) is 113 Å². The van der Waals surface area contributed by atoms with E-state index in [4.69, 9.17) is 23.9 Å². The van der Waals surface area contributed by atoms with Gasteiger partial charge in [-0.25, -0.2) is 4.79 Å². The SMILES string of the molecule is COCC1=NC2=C(C(=O)OC(c3c(C)cc(C)cc3C)C2)C(c2cccc3c2OCC(=O)N3)C1C(=O)OC. The number of cyclic esters (lactones) is 1. The molecule has 2 aromatic carbocycles. The highest BCUT2D eigenvalue weighted by Crippen LogP contribution is 2.50. The van der Waals surface area contributed by atoms with Crippen LogP contribution in [-0.4, -0.2) is 51.0 Å². The Kier molecular flexibility index (Phi) is 6.79. The molecule has 9 heteroatoms. The molecular formula is C29H30N2O7. The average molecular weight is 519 g/mol. The van der Waals surface area contributed by atoms with Crippen molar-refractivity contribution in [2.45, 2.75) is 39.2 Å². The van der Waals surface area contributed by atoms with Crippen molar-refractivity contribution < 1.29 is 33.3 Å². The van der Waals surface area contributed by atoms with Crippen molar-refractivity contribution in [3.63, 3.8) is 0 Å². The van der Waals surface area contributed by atoms with E-state index in [0.717, 1.165) is 22.3 Å². The van der Waals surface area contributed by atoms with E-state index in [2.05, 4.69) is 17.4 Å². The molecule has 0 spiro atoms. The number of nitrogens with zero attached hydrogens (tertiary/aromatic N) is 1. The summed E-state index contributed by atoms with van der Waals surface area (Å²) in [6.07, 6.45) is -0.180. The Balaban J connectivity index is 1.69. The zero-order valence-corrected chi connectivity index (χ0v) is 22.0. The van der Waals surface area contributed by atoms with Crippen LogP contribution in [0.1, 0.15) is 46.3 Å². The molecule has 3 aliphatic heterocycles. The van der Waals surface area contributed by atoms with Crippen LogP contribution < -0.4 is 10.1 Å². The molecule has 9 nitrogen and oxygen atoms in total. The van der Waals surface area contributed by atoms with Gasteiger partial charge in [-0.2, -0.15) is 0 Å². The first-order valence-electron chi connectivity index (χ1n) is 12.4. The summed E-state index contributed by atoms with van der Waals surface area (Å²) >= 11 is 0. The van der Waals surface area contributed by atoms with Crippen molar-refractivity contribution in [2.24, 2.45) is 10.9 Å². The number of nitrogens with one attached hydrogen (secondary N) is 1. The Morgan fingerprint density at radius 2 is 1.87 bits per heavy atom. The molecule has 5 rings (SSSR count). The van der Waals surface area contributed by atoms with E-state index in [1.54, 1.807) is 18.2 Å². The Hall–Kier alpha value is -3.98. The number of amides is 1. The molecule has 3 atom stereocenters. The largest absolute Gasteiger partial charge is 0.481 e. The lowest BCUT2D eigenvalue weighted by molar-refractivity contribution is -0.148. The number of fused-ring (bicyclic) bond motifs is 1. The third-order valence-electron chi connectivity index (χ3n) is 7.25. The van der Waals surface area contributed by atoms with Crippen molar-refractivity contribution in [3.8, 4) is 5.75 Å². The van der Waals surface area contributed by atoms with Crippen LogP contribution >= 0.6 is 0 Å². The van der Waals surface area contributed by atoms with Gasteiger partial charge in [0.25, 0.3) is 5.91 Å². The second-order valence-electron chi connectivity index (χ2n) is 9.85. The number of hydrogen-bond donors (Lipinski definition) is 1. The van der Waals surface area contributed by atoms with E-state index < -0.39 is 29.9 Å². The van der Waals surface area contributed by atoms with Gasteiger partial charge in [-0.15, -0.1) is 0 Å². The number of hydrogen-bond acceptors (Lipinski definition) is 8. The smallest absolute Gasteiger partial charge is 0.337 e. The number of anilines is 1. The maximum Gasteiger partial charge on any atom is 0.337 e. The highest BCUT2D eigenvalue weighted by Gasteiger charge is 2.48. The second kappa shape index (κ2) is 10.1. The summed E-state index contributed by atoms with van der Waals surface area (Å²) in [5.41, 5.74) is 6.46. The molecule has 0 saturated heterocycles. The highest BCUT2D eigenvalue weighted by atomic mass is 16.5. The van der Waals surface area contributed by atoms with Gasteiger partial charge in [-0.1, -0.05) is 29.8 Å². The minimum absolute atomic E-state index is 0.0714. The third kappa shape index (κ3) is 4.36. The fraction of sp³-hybridized carbons (Fsp3) is 0.379. The van der Waals surface area contributed by atoms with Crippen LogP contribution in [-0.2, 0) is 28.6 Å². The van der Waals surface area contributed by atoms with Gasteiger partial charge in [0.1, 0.15) is 17.8 Å². The molecule has 3 unspecified atom stereocenters. The fourth-order valence-corrected chi connectivity index (χ4v) is 5.90. The van der Waals surface area contributed by atoms with E-state index in [1.165, 1.54) is 14.2 Å². The molecule has 3 heterocycles. The monoisotopic (exact) mass is 518 g/mol. The molecule has 0 aliphatic carbocycles. The van der Waals surface area contributed by atoms with E-state index in [9.17, 15) is 14.4 Å². The van der Waals surface area contributed by atoms with Crippen molar-refractivity contribution in [3.05, 3.63) is 69.4 Å². The van der Waals surface area contributed by atoms with Gasteiger partial charge in [-0.3, -0.25) is 14.6 Å². The average Bonchev–Trinajstić information content (AvgIpc) is 2.86. The van der Waals surface area contributed by atoms with Crippen molar-refractivity contribution in [1.82, 2.24) is 0 Å². The lowest BCUT2D eigenvalue weighted by atomic mass is 9.73. The molecule has 38 heavy (non-hydrogen) atoms. The molecule has 1 N–H and O–H groups in total. The molecule has 0 aromatic heterocycles. The molecule has 2 aromatic rings. The van der Waals surface area contributed by atoms with Gasteiger partial charge < -0.3 is 24.3 Å². The minimum atomic E-state index is -0.946. The molecule has 0 radical (unpaired) electrons. The Morgan fingerprint density at radius 1 is 1.13 bits per heavy atom. The van der Waals surface area contributed by atoms with Crippen LogP contribution in [0.15, 0.2) is 46.6 Å². The predicted molar refractivity (Wildman–Crippen MR) is 139 cm³/mol. The molecule has 198 valence electrons. The van der Waals surface area contributed by atoms with Crippen molar-refractivity contribution in [1.29, 1.82) is 0 Å². The number of carbonyl (C=O) groups is 3. The zero-order valence-electron chi connectivity index (χ0n) is 22.0. The lowest BCUT2D eigenvalue weighted by Crippen LogP contribution is -2.41. The molecule has 0 fully saturated rings. The number of esters is 2. The molecule has 3 aliphatic rings. The van der Waals surface area contributed by atoms with Crippen LogP contribution in [0.3, 0.4) is 0 Å². The Bertz CT molecular complexity index is 1380. The van der Waals surface area contributed by atoms with Crippen molar-refractivity contribution >= 4 is 29.2 Å². The van der Waals surface area contributed by atoms with Gasteiger partial charge in [0.05, 0.1) is 36.4 Å². The zero-order chi connectivity index (χ0) is 27.1. The first-order chi connectivity index (χ1) is 18.2. The summed E-state index contributed by atoms with van der Waals surface area (Å²) in [7, 11) is 2.82. The highest BCUT2D eigenvalue weighted by molar-refractivity contribution is 6.09. The van der Waals surface area contributed by atoms with Gasteiger partial charge >= 0.3 is 11.9 Å². The summed E-state index contributed by atoms with van der Waals surface area (Å²) in [5, 5.41) is 2.80. The van der Waals surface area contributed by atoms with E-state index in [-0.39, 0.29) is 24.7 Å². The number of carbonyl (C=O) groups excluding carboxylic acids is 3. The quantitative estimate of drug-likeness (QED) is 0.598. The number of para-hydroxylation sites is 1. The predicted octanol–water partition coefficient (Wildman–Crippen LogP) is 3.86. The molecule has 0 bridgehead atoms. The fourth-order valence-electron chi connectivity index (χ4n) is 5.90. The summed E-state index contributed by atoms with van der Waals surface area (Å²) in [6, 6.07) is 9.38. The first-order valence-corrected chi connectivity index (χ1v) is 12.4. The first kappa shape index (κ1) is 25.7. The molecule has 1 amide bonds. The van der Waals surface area contributed by atoms with Gasteiger partial charge in [-0.05, 0) is 43.5 Å². The van der Waals surface area contributed by atoms with Crippen LogP contribution in [0.25, 0.3) is 0 Å². The third-order valence-corrected chi connectivity index (χ3v) is 7.25. The molecular weight excluding hydrogens is 488 g/mol. The number of aryl methyl sites for hydroxylation is 3. The number of rotatable bonds is 5. The minimum Gasteiger partial charge on any atom is -0.481 e. The van der Waals surface area contributed by atoms with E-state index in [1.807, 2.05) is 20.8 Å². The summed E-state index contributed by atoms with van der Waals surface area (Å²) in [4.78, 5) is 43.8. The van der Waals surface area contributed by atoms with Crippen LogP contribution in [0.2, 0.25) is 0 Å². The van der Waals surface area contributed by atoms with Gasteiger partial charge in [0.15, 0.2) is 6.61 Å². The summed E-state index contributed by atoms with van der Waals surface area (Å²) in [5.74, 6) is -2.75. The second-order valence-corrected chi connectivity index (χ2v) is 9.85. The number of methoxy groups -OCH3 is 2. The molecule has 0 saturated carbocycles. The van der Waals surface area contributed by atoms with Crippen molar-refractivity contribution in [2.75, 3.05) is 32.8 Å². The lowest BCUT2D eigenvalue weighted by Gasteiger charge is -2.38. The number of benzene rings is 2. The maximum absolute atomic E-state index is 13.8. The maximum atomic E-state index is 13.8. The standard InChI is InChI=1S/C29H30N2O7/c1-14-9-15(2)23(16(3)10-14)21-11-19-25(29(34)38-21)24(26(28(33)36-5)20(30-19)12-35-4)17-7-6-8-18-27(17)37-13-22(32)31-18/h6-10,21,24,26H,11-13H2,1-5H3,(H,31,32). The number of aliphatic imine (C=N–C) groups is 1. The number of ether oxygens (including phenoxy) is 4. The summed E-state index contributed by atoms with van der Waals surface area (Å²) < 4.78 is 22.5. The normalized spacial score (nSPS) is 22.4. The van der Waals surface area contributed by atoms with Crippen LogP contribution in [0.5, 0.6) is 5.75 Å². The van der Waals surface area contributed by atoms with Gasteiger partial charge in [0, 0.05) is 25.0 Å². The van der Waals surface area contributed by atoms with Gasteiger partial charge in [0.2, 0.25) is 0 Å². The van der Waals surface area contributed by atoms with Crippen LogP contribution in [0.4, 0.5) is 5.69 Å². The Morgan fingerprint density at radius 3 is 2.55 bits per heavy atom.